The zero-order valence-corrected chi connectivity index (χ0v) is 8.52. The van der Waals surface area contributed by atoms with Gasteiger partial charge in [-0.15, -0.1) is 5.73 Å². The third kappa shape index (κ3) is 4.95. The molecule has 1 N–H and O–H groups in total. The van der Waals surface area contributed by atoms with Gasteiger partial charge in [-0.2, -0.15) is 0 Å². The van der Waals surface area contributed by atoms with Crippen LogP contribution in [0.1, 0.15) is 20.8 Å². The molecule has 12 heavy (non-hydrogen) atoms. The highest BCUT2D eigenvalue weighted by atomic mass is 14.9. The number of likely N-dealkylation sites (N-methyl/N-ethyl adjacent to an activating group) is 1. The van der Waals surface area contributed by atoms with Crippen molar-refractivity contribution in [2.75, 3.05) is 7.05 Å². The average Bonchev–Trinajstić information content (AvgIpc) is 1.96. The Kier molecular flexibility index (Phi) is 5.44. The van der Waals surface area contributed by atoms with Crippen molar-refractivity contribution in [2.24, 2.45) is 5.92 Å². The first-order chi connectivity index (χ1) is 5.57. The fourth-order valence-electron chi connectivity index (χ4n) is 0.903. The predicted octanol–water partition coefficient (Wildman–Crippen LogP) is 2.52. The van der Waals surface area contributed by atoms with Gasteiger partial charge in [-0.1, -0.05) is 26.0 Å². The maximum absolute atomic E-state index is 3.76. The van der Waals surface area contributed by atoms with Gasteiger partial charge in [0.2, 0.25) is 0 Å². The van der Waals surface area contributed by atoms with E-state index in [0.717, 1.165) is 5.57 Å². The molecule has 1 atom stereocenters. The average molecular weight is 165 g/mol. The van der Waals surface area contributed by atoms with Crippen LogP contribution in [0, 0.1) is 5.92 Å². The topological polar surface area (TPSA) is 12.0 Å². The summed E-state index contributed by atoms with van der Waals surface area (Å²) in [5, 5.41) is 3.21. The standard InChI is InChI=1S/C11H19N/c1-9(2)7-6-8-11(12-5)10(3)4/h7-8,10-12H,1H2,2-5H3. The van der Waals surface area contributed by atoms with Crippen molar-refractivity contribution in [2.45, 2.75) is 26.8 Å². The van der Waals surface area contributed by atoms with Gasteiger partial charge >= 0.3 is 0 Å². The lowest BCUT2D eigenvalue weighted by molar-refractivity contribution is 0.500. The summed E-state index contributed by atoms with van der Waals surface area (Å²) < 4.78 is 0. The molecule has 0 bridgehead atoms. The number of rotatable bonds is 4. The Hall–Kier alpha value is -0.780. The zero-order chi connectivity index (χ0) is 9.56. The number of hydrogen-bond donors (Lipinski definition) is 1. The van der Waals surface area contributed by atoms with Crippen LogP contribution < -0.4 is 5.32 Å². The van der Waals surface area contributed by atoms with Crippen LogP contribution in [0.25, 0.3) is 0 Å². The molecule has 0 aliphatic heterocycles. The Morgan fingerprint density at radius 3 is 2.42 bits per heavy atom. The van der Waals surface area contributed by atoms with Crippen LogP contribution in [-0.2, 0) is 0 Å². The van der Waals surface area contributed by atoms with E-state index in [2.05, 4.69) is 31.5 Å². The smallest absolute Gasteiger partial charge is 0.0345 e. The first kappa shape index (κ1) is 11.2. The van der Waals surface area contributed by atoms with Gasteiger partial charge in [0.15, 0.2) is 0 Å². The zero-order valence-electron chi connectivity index (χ0n) is 8.52. The summed E-state index contributed by atoms with van der Waals surface area (Å²) in [7, 11) is 1.96. The van der Waals surface area contributed by atoms with Crippen molar-refractivity contribution in [3.63, 3.8) is 0 Å². The second kappa shape index (κ2) is 5.82. The van der Waals surface area contributed by atoms with Gasteiger partial charge in [0.05, 0.1) is 0 Å². The van der Waals surface area contributed by atoms with Crippen LogP contribution in [0.15, 0.2) is 30.0 Å². The van der Waals surface area contributed by atoms with E-state index in [9.17, 15) is 0 Å². The van der Waals surface area contributed by atoms with Gasteiger partial charge in [-0.3, -0.25) is 0 Å². The lowest BCUT2D eigenvalue weighted by atomic mass is 10.0. The van der Waals surface area contributed by atoms with E-state index in [4.69, 9.17) is 0 Å². The number of nitrogens with one attached hydrogen (secondary N) is 1. The second-order valence-corrected chi connectivity index (χ2v) is 3.38. The Bertz CT molecular complexity index is 195. The fourth-order valence-corrected chi connectivity index (χ4v) is 0.903. The molecule has 0 saturated heterocycles. The molecule has 1 nitrogen and oxygen atoms in total. The molecule has 0 spiro atoms. The van der Waals surface area contributed by atoms with Gasteiger partial charge < -0.3 is 5.32 Å². The van der Waals surface area contributed by atoms with Crippen molar-refractivity contribution in [1.29, 1.82) is 0 Å². The summed E-state index contributed by atoms with van der Waals surface area (Å²) in [6, 6.07) is 0.403. The summed E-state index contributed by atoms with van der Waals surface area (Å²) >= 11 is 0. The summed E-state index contributed by atoms with van der Waals surface area (Å²) in [6.45, 7) is 10.1. The molecule has 1 unspecified atom stereocenters. The van der Waals surface area contributed by atoms with Crippen LogP contribution in [0.4, 0.5) is 0 Å². The molecule has 0 rings (SSSR count). The Labute approximate surface area is 75.9 Å². The normalized spacial score (nSPS) is 12.1. The molecule has 1 heteroatoms. The molecular weight excluding hydrogens is 146 g/mol. The molecule has 68 valence electrons. The predicted molar refractivity (Wildman–Crippen MR) is 55.2 cm³/mol. The first-order valence-corrected chi connectivity index (χ1v) is 4.33. The molecule has 0 heterocycles. The number of hydrogen-bond acceptors (Lipinski definition) is 1. The molecule has 0 aromatic rings. The minimum absolute atomic E-state index is 0.403. The van der Waals surface area contributed by atoms with Crippen molar-refractivity contribution >= 4 is 0 Å². The molecule has 0 aromatic carbocycles. The lowest BCUT2D eigenvalue weighted by Crippen LogP contribution is -2.27. The molecule has 0 radical (unpaired) electrons. The first-order valence-electron chi connectivity index (χ1n) is 4.33. The summed E-state index contributed by atoms with van der Waals surface area (Å²) in [4.78, 5) is 0. The van der Waals surface area contributed by atoms with Crippen LogP contribution in [-0.4, -0.2) is 13.1 Å². The third-order valence-electron chi connectivity index (χ3n) is 1.66. The molecule has 0 aromatic heterocycles. The third-order valence-corrected chi connectivity index (χ3v) is 1.66. The quantitative estimate of drug-likeness (QED) is 0.498. The van der Waals surface area contributed by atoms with Gasteiger partial charge in [-0.25, -0.2) is 0 Å². The molecular formula is C11H19N. The van der Waals surface area contributed by atoms with Crippen LogP contribution in [0.2, 0.25) is 0 Å². The minimum Gasteiger partial charge on any atom is -0.313 e. The summed E-state index contributed by atoms with van der Waals surface area (Å²) in [5.74, 6) is 0.598. The monoisotopic (exact) mass is 165 g/mol. The van der Waals surface area contributed by atoms with E-state index in [1.54, 1.807) is 0 Å². The highest BCUT2D eigenvalue weighted by Crippen LogP contribution is 2.01. The van der Waals surface area contributed by atoms with Gasteiger partial charge in [0.1, 0.15) is 0 Å². The van der Waals surface area contributed by atoms with E-state index >= 15 is 0 Å². The van der Waals surface area contributed by atoms with E-state index in [1.807, 2.05) is 26.1 Å². The maximum atomic E-state index is 3.76. The van der Waals surface area contributed by atoms with E-state index in [-0.39, 0.29) is 0 Å². The fraction of sp³-hybridized carbons (Fsp3) is 0.545. The van der Waals surface area contributed by atoms with E-state index in [0.29, 0.717) is 12.0 Å². The summed E-state index contributed by atoms with van der Waals surface area (Å²) in [5.41, 5.74) is 4.14. The van der Waals surface area contributed by atoms with Crippen LogP contribution in [0.3, 0.4) is 0 Å². The second-order valence-electron chi connectivity index (χ2n) is 3.38. The van der Waals surface area contributed by atoms with Crippen LogP contribution in [0.5, 0.6) is 0 Å². The van der Waals surface area contributed by atoms with Gasteiger partial charge in [0, 0.05) is 6.04 Å². The van der Waals surface area contributed by atoms with Crippen molar-refractivity contribution < 1.29 is 0 Å². The molecule has 0 aliphatic carbocycles. The van der Waals surface area contributed by atoms with E-state index < -0.39 is 0 Å². The van der Waals surface area contributed by atoms with Crippen LogP contribution >= 0.6 is 0 Å². The molecule has 0 saturated carbocycles. The minimum atomic E-state index is 0.403. The van der Waals surface area contributed by atoms with Crippen molar-refractivity contribution in [3.8, 4) is 0 Å². The van der Waals surface area contributed by atoms with Gasteiger partial charge in [0.25, 0.3) is 0 Å². The highest BCUT2D eigenvalue weighted by Gasteiger charge is 2.04. The SMILES string of the molecule is C=C(C)C=C=CC(NC)C(C)C. The van der Waals surface area contributed by atoms with Gasteiger partial charge in [-0.05, 0) is 32.0 Å². The number of allylic oxidation sites excluding steroid dienone is 1. The molecule has 0 aliphatic rings. The summed E-state index contributed by atoms with van der Waals surface area (Å²) in [6.07, 6.45) is 3.94. The van der Waals surface area contributed by atoms with Crippen molar-refractivity contribution in [3.05, 3.63) is 30.0 Å². The molecule has 0 amide bonds. The Balaban J connectivity index is 4.19. The van der Waals surface area contributed by atoms with Crippen molar-refractivity contribution in [1.82, 2.24) is 5.32 Å². The Morgan fingerprint density at radius 2 is 2.08 bits per heavy atom. The molecule has 0 fully saturated rings. The Morgan fingerprint density at radius 1 is 1.50 bits per heavy atom. The maximum Gasteiger partial charge on any atom is 0.0345 e. The largest absolute Gasteiger partial charge is 0.313 e. The lowest BCUT2D eigenvalue weighted by Gasteiger charge is -2.13. The van der Waals surface area contributed by atoms with E-state index in [1.165, 1.54) is 0 Å². The highest BCUT2D eigenvalue weighted by molar-refractivity contribution is 5.11.